The number of nitrogens with zero attached hydrogens (tertiary/aromatic N) is 1. The predicted octanol–water partition coefficient (Wildman–Crippen LogP) is 2.82. The van der Waals surface area contributed by atoms with E-state index in [-0.39, 0.29) is 5.97 Å². The Balaban J connectivity index is 1.85. The molecule has 0 saturated carbocycles. The van der Waals surface area contributed by atoms with Crippen molar-refractivity contribution in [3.05, 3.63) is 40.5 Å². The van der Waals surface area contributed by atoms with Crippen LogP contribution in [0.1, 0.15) is 18.9 Å². The molecular formula is C15H16BrN3O3. The number of ether oxygens (including phenoxy) is 2. The molecule has 0 radical (unpaired) electrons. The van der Waals surface area contributed by atoms with Gasteiger partial charge in [-0.25, -0.2) is 4.79 Å². The summed E-state index contributed by atoms with van der Waals surface area (Å²) in [5, 5.41) is 9.83. The van der Waals surface area contributed by atoms with Gasteiger partial charge in [0, 0.05) is 12.0 Å². The van der Waals surface area contributed by atoms with Gasteiger partial charge in [-0.3, -0.25) is 5.10 Å². The van der Waals surface area contributed by atoms with Crippen molar-refractivity contribution < 1.29 is 14.3 Å². The number of aromatic nitrogens is 2. The first-order valence-electron chi connectivity index (χ1n) is 6.85. The molecule has 0 amide bonds. The molecule has 1 aliphatic rings. The molecule has 0 spiro atoms. The maximum absolute atomic E-state index is 12.2. The van der Waals surface area contributed by atoms with Crippen molar-refractivity contribution in [2.24, 2.45) is 0 Å². The van der Waals surface area contributed by atoms with Gasteiger partial charge in [-0.05, 0) is 28.9 Å². The van der Waals surface area contributed by atoms with Gasteiger partial charge in [0.05, 0.1) is 17.8 Å². The number of H-pyrrole nitrogens is 1. The van der Waals surface area contributed by atoms with Crippen LogP contribution in [-0.4, -0.2) is 29.3 Å². The molecule has 116 valence electrons. The number of anilines is 1. The zero-order valence-corrected chi connectivity index (χ0v) is 13.8. The van der Waals surface area contributed by atoms with E-state index in [0.29, 0.717) is 18.0 Å². The fraction of sp³-hybridized carbons (Fsp3) is 0.333. The maximum atomic E-state index is 12.2. The van der Waals surface area contributed by atoms with Gasteiger partial charge in [0.2, 0.25) is 0 Å². The summed E-state index contributed by atoms with van der Waals surface area (Å²) in [6, 6.07) is 7.12. The normalized spacial score (nSPS) is 24.1. The average molecular weight is 366 g/mol. The monoisotopic (exact) mass is 365 g/mol. The summed E-state index contributed by atoms with van der Waals surface area (Å²) >= 11 is 3.36. The van der Waals surface area contributed by atoms with Gasteiger partial charge in [-0.2, -0.15) is 5.10 Å². The van der Waals surface area contributed by atoms with Crippen LogP contribution in [0.5, 0.6) is 5.75 Å². The lowest BCUT2D eigenvalue weighted by Crippen LogP contribution is -2.25. The number of halogens is 1. The van der Waals surface area contributed by atoms with E-state index in [2.05, 4.69) is 31.4 Å². The molecule has 1 fully saturated rings. The van der Waals surface area contributed by atoms with Crippen LogP contribution in [0.25, 0.3) is 0 Å². The second kappa shape index (κ2) is 5.64. The van der Waals surface area contributed by atoms with E-state index in [1.807, 2.05) is 31.2 Å². The molecule has 2 unspecified atom stereocenters. The van der Waals surface area contributed by atoms with Crippen molar-refractivity contribution in [2.75, 3.05) is 12.4 Å². The maximum Gasteiger partial charge on any atom is 0.329 e. The van der Waals surface area contributed by atoms with Crippen molar-refractivity contribution >= 4 is 27.7 Å². The highest BCUT2D eigenvalue weighted by atomic mass is 79.9. The second-order valence-corrected chi connectivity index (χ2v) is 6.20. The third kappa shape index (κ3) is 2.56. The zero-order valence-electron chi connectivity index (χ0n) is 12.2. The molecular weight excluding hydrogens is 350 g/mol. The smallest absolute Gasteiger partial charge is 0.329 e. The minimum Gasteiger partial charge on any atom is -0.496 e. The number of hydrogen-bond acceptors (Lipinski definition) is 5. The van der Waals surface area contributed by atoms with Gasteiger partial charge in [0.15, 0.2) is 0 Å². The van der Waals surface area contributed by atoms with E-state index in [1.165, 1.54) is 0 Å². The summed E-state index contributed by atoms with van der Waals surface area (Å²) < 4.78 is 11.8. The number of cyclic esters (lactones) is 1. The summed E-state index contributed by atoms with van der Waals surface area (Å²) in [6.45, 7) is 1.90. The van der Waals surface area contributed by atoms with Gasteiger partial charge in [0.1, 0.15) is 23.2 Å². The number of rotatable bonds is 4. The number of para-hydroxylation sites is 1. The summed E-state index contributed by atoms with van der Waals surface area (Å²) in [4.78, 5) is 12.2. The highest BCUT2D eigenvalue weighted by molar-refractivity contribution is 9.10. The average Bonchev–Trinajstić information content (AvgIpc) is 3.04. The van der Waals surface area contributed by atoms with Gasteiger partial charge in [-0.15, -0.1) is 0 Å². The Morgan fingerprint density at radius 2 is 2.27 bits per heavy atom. The summed E-state index contributed by atoms with van der Waals surface area (Å²) in [6.07, 6.45) is 2.12. The first kappa shape index (κ1) is 14.9. The number of methoxy groups -OCH3 is 1. The first-order chi connectivity index (χ1) is 10.5. The molecule has 0 bridgehead atoms. The van der Waals surface area contributed by atoms with Gasteiger partial charge in [0.25, 0.3) is 0 Å². The molecule has 2 atom stereocenters. The van der Waals surface area contributed by atoms with Crippen LogP contribution in [0.4, 0.5) is 5.82 Å². The van der Waals surface area contributed by atoms with Crippen LogP contribution in [0.15, 0.2) is 34.9 Å². The number of esters is 1. The SMILES string of the molecule is COc1ccccc1C1(C)CC(Nc2[nH]ncc2Br)C(=O)O1. The summed E-state index contributed by atoms with van der Waals surface area (Å²) in [5.74, 6) is 1.07. The lowest BCUT2D eigenvalue weighted by Gasteiger charge is -2.25. The zero-order chi connectivity index (χ0) is 15.7. The van der Waals surface area contributed by atoms with Crippen molar-refractivity contribution in [1.82, 2.24) is 10.2 Å². The van der Waals surface area contributed by atoms with E-state index in [4.69, 9.17) is 9.47 Å². The lowest BCUT2D eigenvalue weighted by molar-refractivity contribution is -0.148. The van der Waals surface area contributed by atoms with E-state index in [0.717, 1.165) is 10.0 Å². The van der Waals surface area contributed by atoms with Crippen LogP contribution in [0.2, 0.25) is 0 Å². The first-order valence-corrected chi connectivity index (χ1v) is 7.64. The standard InChI is InChI=1S/C15H16BrN3O3/c1-15(9-5-3-4-6-12(9)21-2)7-11(14(20)22-15)18-13-10(16)8-17-19-13/h3-6,8,11H,7H2,1-2H3,(H2,17,18,19). The van der Waals surface area contributed by atoms with Gasteiger partial charge >= 0.3 is 5.97 Å². The molecule has 1 aromatic heterocycles. The van der Waals surface area contributed by atoms with Crippen molar-refractivity contribution in [3.63, 3.8) is 0 Å². The highest BCUT2D eigenvalue weighted by Crippen LogP contribution is 2.41. The van der Waals surface area contributed by atoms with Crippen LogP contribution < -0.4 is 10.1 Å². The molecule has 1 saturated heterocycles. The van der Waals surface area contributed by atoms with Gasteiger partial charge in [-0.1, -0.05) is 18.2 Å². The Morgan fingerprint density at radius 1 is 1.50 bits per heavy atom. The quantitative estimate of drug-likeness (QED) is 0.814. The third-order valence-corrected chi connectivity index (χ3v) is 4.39. The fourth-order valence-electron chi connectivity index (χ4n) is 2.71. The summed E-state index contributed by atoms with van der Waals surface area (Å²) in [7, 11) is 1.61. The molecule has 3 rings (SSSR count). The minimum absolute atomic E-state index is 0.296. The number of hydrogen-bond donors (Lipinski definition) is 2. The van der Waals surface area contributed by atoms with Crippen molar-refractivity contribution in [3.8, 4) is 5.75 Å². The minimum atomic E-state index is -0.728. The van der Waals surface area contributed by atoms with Crippen molar-refractivity contribution in [1.29, 1.82) is 0 Å². The van der Waals surface area contributed by atoms with Crippen molar-refractivity contribution in [2.45, 2.75) is 25.0 Å². The summed E-state index contributed by atoms with van der Waals surface area (Å²) in [5.41, 5.74) is 0.132. The molecule has 22 heavy (non-hydrogen) atoms. The Bertz CT molecular complexity index is 703. The highest BCUT2D eigenvalue weighted by Gasteiger charge is 2.46. The van der Waals surface area contributed by atoms with Crippen LogP contribution in [0.3, 0.4) is 0 Å². The second-order valence-electron chi connectivity index (χ2n) is 5.35. The van der Waals surface area contributed by atoms with E-state index in [1.54, 1.807) is 13.3 Å². The molecule has 7 heteroatoms. The molecule has 2 heterocycles. The van der Waals surface area contributed by atoms with Crippen LogP contribution >= 0.6 is 15.9 Å². The number of nitrogens with one attached hydrogen (secondary N) is 2. The Morgan fingerprint density at radius 3 is 2.95 bits per heavy atom. The molecule has 0 aliphatic carbocycles. The fourth-order valence-corrected chi connectivity index (χ4v) is 3.02. The van der Waals surface area contributed by atoms with Crippen LogP contribution in [0, 0.1) is 0 Å². The number of carbonyl (C=O) groups excluding carboxylic acids is 1. The molecule has 6 nitrogen and oxygen atoms in total. The van der Waals surface area contributed by atoms with E-state index >= 15 is 0 Å². The molecule has 2 N–H and O–H groups in total. The molecule has 1 aliphatic heterocycles. The molecule has 1 aromatic carbocycles. The van der Waals surface area contributed by atoms with E-state index in [9.17, 15) is 4.79 Å². The molecule has 2 aromatic rings. The van der Waals surface area contributed by atoms with E-state index < -0.39 is 11.6 Å². The number of aromatic amines is 1. The van der Waals surface area contributed by atoms with Crippen LogP contribution in [-0.2, 0) is 15.1 Å². The number of carbonyl (C=O) groups is 1. The lowest BCUT2D eigenvalue weighted by atomic mass is 9.90. The third-order valence-electron chi connectivity index (χ3n) is 3.79. The Kier molecular flexibility index (Phi) is 3.82. The Labute approximate surface area is 136 Å². The predicted molar refractivity (Wildman–Crippen MR) is 84.8 cm³/mol. The Hall–Kier alpha value is -2.02. The number of benzene rings is 1. The van der Waals surface area contributed by atoms with Gasteiger partial charge < -0.3 is 14.8 Å². The largest absolute Gasteiger partial charge is 0.496 e. The topological polar surface area (TPSA) is 76.2 Å².